The smallest absolute Gasteiger partial charge is 0.241 e. The van der Waals surface area contributed by atoms with Crippen LogP contribution in [0, 0.1) is 0 Å². The van der Waals surface area contributed by atoms with Crippen molar-refractivity contribution in [3.05, 3.63) is 25.4 Å². The lowest BCUT2D eigenvalue weighted by atomic mass is 10.1. The van der Waals surface area contributed by atoms with Crippen molar-refractivity contribution in [1.82, 2.24) is 20.4 Å². The van der Waals surface area contributed by atoms with Gasteiger partial charge >= 0.3 is 0 Å². The summed E-state index contributed by atoms with van der Waals surface area (Å²) in [6, 6.07) is 0. The molecular formula is C48H84N4O4S8. The number of amides is 4. The highest BCUT2D eigenvalue weighted by Gasteiger charge is 2.31. The van der Waals surface area contributed by atoms with E-state index in [1.54, 1.807) is 70.6 Å². The molecule has 2 aliphatic heterocycles. The van der Waals surface area contributed by atoms with Gasteiger partial charge in [0, 0.05) is 26.2 Å². The zero-order chi connectivity index (χ0) is 46.6. The van der Waals surface area contributed by atoms with Crippen LogP contribution >= 0.6 is 94.1 Å². The fourth-order valence-electron chi connectivity index (χ4n) is 7.13. The third-order valence-corrected chi connectivity index (χ3v) is 22.3. The largest absolute Gasteiger partial charge is 0.346 e. The average Bonchev–Trinajstić information content (AvgIpc) is 3.93. The van der Waals surface area contributed by atoms with E-state index in [1.807, 2.05) is 9.80 Å². The molecule has 0 atom stereocenters. The summed E-state index contributed by atoms with van der Waals surface area (Å²) in [7, 11) is 0. The van der Waals surface area contributed by atoms with Gasteiger partial charge in [-0.1, -0.05) is 203 Å². The SMILES string of the molecule is CCCCCCCCN(CCCCCCCC)C(=O)CNC(=O)CSC1=C(SCC(=O)NCC(=O)N(CCCCCCCC)CCCCCCCC)SC(=C2SC(SC)=C(SC)S2)S1. The maximum Gasteiger partial charge on any atom is 0.241 e. The molecule has 2 aliphatic rings. The molecule has 0 spiro atoms. The minimum Gasteiger partial charge on any atom is -0.346 e. The summed E-state index contributed by atoms with van der Waals surface area (Å²) in [4.78, 5) is 57.4. The van der Waals surface area contributed by atoms with E-state index < -0.39 is 0 Å². The maximum atomic E-state index is 13.5. The van der Waals surface area contributed by atoms with Gasteiger partial charge in [-0.2, -0.15) is 0 Å². The Hall–Kier alpha value is -0.1000. The van der Waals surface area contributed by atoms with Crippen LogP contribution in [-0.2, 0) is 19.2 Å². The fraction of sp³-hybridized carbons (Fsp3) is 0.792. The summed E-state index contributed by atoms with van der Waals surface area (Å²) in [5.74, 6) is 0.0617. The van der Waals surface area contributed by atoms with Gasteiger partial charge < -0.3 is 20.4 Å². The molecule has 0 bridgehead atoms. The number of thioether (sulfide) groups is 8. The topological polar surface area (TPSA) is 98.8 Å². The Morgan fingerprint density at radius 3 is 0.953 bits per heavy atom. The van der Waals surface area contributed by atoms with Crippen LogP contribution in [0.2, 0.25) is 0 Å². The van der Waals surface area contributed by atoms with Crippen LogP contribution in [0.1, 0.15) is 182 Å². The van der Waals surface area contributed by atoms with E-state index >= 15 is 0 Å². The molecule has 8 nitrogen and oxygen atoms in total. The number of rotatable bonds is 40. The highest BCUT2D eigenvalue weighted by Crippen LogP contribution is 2.65. The van der Waals surface area contributed by atoms with Crippen LogP contribution in [0.25, 0.3) is 0 Å². The van der Waals surface area contributed by atoms with E-state index in [2.05, 4.69) is 50.8 Å². The molecule has 2 N–H and O–H groups in total. The summed E-state index contributed by atoms with van der Waals surface area (Å²) in [5, 5.41) is 5.87. The Labute approximate surface area is 424 Å². The zero-order valence-corrected chi connectivity index (χ0v) is 47.0. The second kappa shape index (κ2) is 39.7. The lowest BCUT2D eigenvalue weighted by Gasteiger charge is -2.23. The number of nitrogens with one attached hydrogen (secondary N) is 2. The second-order valence-electron chi connectivity index (χ2n) is 16.5. The van der Waals surface area contributed by atoms with Crippen molar-refractivity contribution in [2.75, 3.05) is 63.3 Å². The first-order chi connectivity index (χ1) is 31.2. The van der Waals surface area contributed by atoms with Crippen LogP contribution in [0.3, 0.4) is 0 Å². The number of carbonyl (C=O) groups is 4. The Morgan fingerprint density at radius 2 is 0.672 bits per heavy atom. The molecule has 0 aromatic carbocycles. The molecule has 0 aromatic rings. The van der Waals surface area contributed by atoms with Crippen molar-refractivity contribution >= 4 is 118 Å². The second-order valence-corrected chi connectivity index (χ2v) is 25.7. The number of hydrogen-bond acceptors (Lipinski definition) is 12. The lowest BCUT2D eigenvalue weighted by molar-refractivity contribution is -0.132. The van der Waals surface area contributed by atoms with Gasteiger partial charge in [0.25, 0.3) is 0 Å². The standard InChI is InChI=1S/C48H84N4O4S8/c1-7-11-15-19-23-27-31-51(32-28-24-20-16-12-8-2)41(55)35-49-39(53)37-59-45-46(64-48(63-45)47-61-43(57-5)44(58-6)62-47)60-38-40(54)50-36-42(56)52(33-29-25-21-17-13-9-3)34-30-26-22-18-14-10-4/h7-38H2,1-6H3,(H,49,53)(H,50,54). The normalized spacial score (nSPS) is 14.0. The van der Waals surface area contributed by atoms with E-state index in [9.17, 15) is 19.2 Å². The van der Waals surface area contributed by atoms with Gasteiger partial charge in [-0.3, -0.25) is 19.2 Å². The van der Waals surface area contributed by atoms with E-state index in [4.69, 9.17) is 0 Å². The predicted octanol–water partition coefficient (Wildman–Crippen LogP) is 14.9. The van der Waals surface area contributed by atoms with Gasteiger partial charge in [0.15, 0.2) is 0 Å². The summed E-state index contributed by atoms with van der Waals surface area (Å²) in [6.45, 7) is 12.0. The van der Waals surface area contributed by atoms with Gasteiger partial charge in [-0.25, -0.2) is 0 Å². The maximum absolute atomic E-state index is 13.5. The highest BCUT2D eigenvalue weighted by molar-refractivity contribution is 8.45. The molecule has 2 rings (SSSR count). The third-order valence-electron chi connectivity index (χ3n) is 11.0. The zero-order valence-electron chi connectivity index (χ0n) is 40.4. The third kappa shape index (κ3) is 27.2. The average molecular weight is 1040 g/mol. The minimum atomic E-state index is -0.163. The Bertz CT molecular complexity index is 1310. The molecule has 0 saturated heterocycles. The van der Waals surface area contributed by atoms with E-state index in [0.717, 1.165) is 86.0 Å². The molecule has 0 saturated carbocycles. The van der Waals surface area contributed by atoms with Gasteiger partial charge in [0.1, 0.15) is 0 Å². The van der Waals surface area contributed by atoms with Gasteiger partial charge in [0.2, 0.25) is 23.6 Å². The molecule has 0 fully saturated rings. The molecule has 4 amide bonds. The van der Waals surface area contributed by atoms with Crippen molar-refractivity contribution < 1.29 is 19.2 Å². The molecule has 0 radical (unpaired) electrons. The van der Waals surface area contributed by atoms with Crippen molar-refractivity contribution in [1.29, 1.82) is 0 Å². The molecule has 64 heavy (non-hydrogen) atoms. The van der Waals surface area contributed by atoms with Crippen LogP contribution in [0.15, 0.2) is 25.4 Å². The van der Waals surface area contributed by atoms with Crippen molar-refractivity contribution in [2.24, 2.45) is 0 Å². The first-order valence-electron chi connectivity index (χ1n) is 24.6. The lowest BCUT2D eigenvalue weighted by Crippen LogP contribution is -2.41. The number of hydrogen-bond donors (Lipinski definition) is 2. The van der Waals surface area contributed by atoms with Crippen molar-refractivity contribution in [3.8, 4) is 0 Å². The van der Waals surface area contributed by atoms with Crippen molar-refractivity contribution in [2.45, 2.75) is 182 Å². The summed E-state index contributed by atoms with van der Waals surface area (Å²) >= 11 is 13.4. The first kappa shape index (κ1) is 60.0. The van der Waals surface area contributed by atoms with E-state index in [0.29, 0.717) is 0 Å². The Balaban J connectivity index is 2.02. The summed E-state index contributed by atoms with van der Waals surface area (Å²) in [6.07, 6.45) is 32.5. The Morgan fingerprint density at radius 1 is 0.406 bits per heavy atom. The number of carbonyl (C=O) groups excluding carboxylic acids is 4. The first-order valence-corrected chi connectivity index (χ1v) is 32.3. The summed E-state index contributed by atoms with van der Waals surface area (Å²) in [5.41, 5.74) is 0. The van der Waals surface area contributed by atoms with Crippen LogP contribution in [-0.4, -0.2) is 96.7 Å². The molecule has 0 aliphatic carbocycles. The fourth-order valence-corrected chi connectivity index (χ4v) is 17.9. The molecule has 16 heteroatoms. The summed E-state index contributed by atoms with van der Waals surface area (Å²) < 4.78 is 7.01. The minimum absolute atomic E-state index is 0.00292. The van der Waals surface area contributed by atoms with E-state index in [-0.39, 0.29) is 48.2 Å². The Kier molecular flexibility index (Phi) is 37.2. The van der Waals surface area contributed by atoms with Crippen LogP contribution in [0.4, 0.5) is 0 Å². The quantitative estimate of drug-likeness (QED) is 0.0572. The molecule has 368 valence electrons. The number of unbranched alkanes of at least 4 members (excludes halogenated alkanes) is 20. The predicted molar refractivity (Wildman–Crippen MR) is 296 cm³/mol. The molecule has 0 aromatic heterocycles. The highest BCUT2D eigenvalue weighted by atomic mass is 32.3. The monoisotopic (exact) mass is 1040 g/mol. The van der Waals surface area contributed by atoms with Gasteiger partial charge in [-0.05, 0) is 38.2 Å². The van der Waals surface area contributed by atoms with Gasteiger partial charge in [-0.15, -0.1) is 47.0 Å². The van der Waals surface area contributed by atoms with E-state index in [1.165, 1.54) is 143 Å². The molecule has 0 unspecified atom stereocenters. The molecule has 2 heterocycles. The van der Waals surface area contributed by atoms with Crippen LogP contribution in [0.5, 0.6) is 0 Å². The van der Waals surface area contributed by atoms with Crippen LogP contribution < -0.4 is 10.6 Å². The van der Waals surface area contributed by atoms with Crippen molar-refractivity contribution in [3.63, 3.8) is 0 Å². The number of nitrogens with zero attached hydrogens (tertiary/aromatic N) is 2. The molecular weight excluding hydrogens is 953 g/mol. The van der Waals surface area contributed by atoms with Gasteiger partial charge in [0.05, 0.1) is 50.0 Å².